The van der Waals surface area contributed by atoms with Crippen molar-refractivity contribution >= 4 is 5.69 Å². The Hall–Kier alpha value is -1.94. The first kappa shape index (κ1) is 8.65. The van der Waals surface area contributed by atoms with Crippen molar-refractivity contribution in [1.82, 2.24) is 10.2 Å². The van der Waals surface area contributed by atoms with E-state index in [1.165, 1.54) is 0 Å². The second kappa shape index (κ2) is 3.85. The van der Waals surface area contributed by atoms with Crippen molar-refractivity contribution in [3.63, 3.8) is 0 Å². The Balaban J connectivity index is 2.51. The molecule has 0 radical (unpaired) electrons. The molecule has 3 N–H and O–H groups in total. The molecular weight excluding hydrogens is 176 g/mol. The van der Waals surface area contributed by atoms with Gasteiger partial charge in [-0.05, 0) is 6.07 Å². The molecule has 0 spiro atoms. The SMILES string of the molecule is NNc1ccnnc1-c1ccccc1. The van der Waals surface area contributed by atoms with Crippen molar-refractivity contribution in [2.75, 3.05) is 5.43 Å². The molecule has 1 aromatic heterocycles. The Morgan fingerprint density at radius 2 is 1.86 bits per heavy atom. The predicted molar refractivity (Wildman–Crippen MR) is 55.3 cm³/mol. The fourth-order valence-electron chi connectivity index (χ4n) is 1.26. The molecule has 0 saturated carbocycles. The van der Waals surface area contributed by atoms with E-state index in [2.05, 4.69) is 15.6 Å². The van der Waals surface area contributed by atoms with Crippen LogP contribution in [0.15, 0.2) is 42.6 Å². The maximum absolute atomic E-state index is 5.37. The van der Waals surface area contributed by atoms with Crippen LogP contribution in [0.2, 0.25) is 0 Å². The first-order valence-corrected chi connectivity index (χ1v) is 4.25. The van der Waals surface area contributed by atoms with Crippen LogP contribution >= 0.6 is 0 Å². The summed E-state index contributed by atoms with van der Waals surface area (Å²) in [6.45, 7) is 0. The normalized spacial score (nSPS) is 9.79. The van der Waals surface area contributed by atoms with Crippen LogP contribution in [0.4, 0.5) is 5.69 Å². The van der Waals surface area contributed by atoms with Crippen molar-refractivity contribution in [2.24, 2.45) is 5.84 Å². The molecule has 0 aliphatic heterocycles. The highest BCUT2D eigenvalue weighted by Gasteiger charge is 2.04. The molecule has 0 fully saturated rings. The smallest absolute Gasteiger partial charge is 0.117 e. The molecule has 0 aliphatic rings. The van der Waals surface area contributed by atoms with Gasteiger partial charge in [0.15, 0.2) is 0 Å². The summed E-state index contributed by atoms with van der Waals surface area (Å²) in [4.78, 5) is 0. The van der Waals surface area contributed by atoms with E-state index in [1.807, 2.05) is 30.3 Å². The first-order chi connectivity index (χ1) is 6.92. The number of anilines is 1. The number of hydrogen-bond acceptors (Lipinski definition) is 4. The van der Waals surface area contributed by atoms with E-state index < -0.39 is 0 Å². The second-order valence-corrected chi connectivity index (χ2v) is 2.80. The molecule has 4 heteroatoms. The van der Waals surface area contributed by atoms with E-state index in [0.29, 0.717) is 0 Å². The molecule has 14 heavy (non-hydrogen) atoms. The predicted octanol–water partition coefficient (Wildman–Crippen LogP) is 1.43. The maximum atomic E-state index is 5.37. The van der Waals surface area contributed by atoms with Crippen LogP contribution in [-0.4, -0.2) is 10.2 Å². The third-order valence-corrected chi connectivity index (χ3v) is 1.92. The van der Waals surface area contributed by atoms with Crippen LogP contribution in [0.25, 0.3) is 11.3 Å². The lowest BCUT2D eigenvalue weighted by atomic mass is 10.1. The topological polar surface area (TPSA) is 63.8 Å². The van der Waals surface area contributed by atoms with E-state index in [1.54, 1.807) is 12.3 Å². The van der Waals surface area contributed by atoms with E-state index in [9.17, 15) is 0 Å². The van der Waals surface area contributed by atoms with Crippen LogP contribution < -0.4 is 11.3 Å². The zero-order valence-electron chi connectivity index (χ0n) is 7.51. The molecule has 4 nitrogen and oxygen atoms in total. The number of nitrogen functional groups attached to an aromatic ring is 1. The minimum Gasteiger partial charge on any atom is -0.322 e. The van der Waals surface area contributed by atoms with Gasteiger partial charge in [-0.1, -0.05) is 30.3 Å². The Morgan fingerprint density at radius 3 is 2.57 bits per heavy atom. The number of aromatic nitrogens is 2. The zero-order valence-corrected chi connectivity index (χ0v) is 7.51. The average molecular weight is 186 g/mol. The summed E-state index contributed by atoms with van der Waals surface area (Å²) in [5, 5.41) is 7.85. The van der Waals surface area contributed by atoms with E-state index >= 15 is 0 Å². The lowest BCUT2D eigenvalue weighted by molar-refractivity contribution is 1.03. The summed E-state index contributed by atoms with van der Waals surface area (Å²) in [6, 6.07) is 11.6. The third-order valence-electron chi connectivity index (χ3n) is 1.92. The number of hydrazine groups is 1. The number of rotatable bonds is 2. The number of nitrogens with two attached hydrogens (primary N) is 1. The molecule has 70 valence electrons. The van der Waals surface area contributed by atoms with Crippen LogP contribution in [0, 0.1) is 0 Å². The fraction of sp³-hybridized carbons (Fsp3) is 0. The summed E-state index contributed by atoms with van der Waals surface area (Å²) in [7, 11) is 0. The highest BCUT2D eigenvalue weighted by Crippen LogP contribution is 2.22. The van der Waals surface area contributed by atoms with Gasteiger partial charge in [0.05, 0.1) is 11.9 Å². The van der Waals surface area contributed by atoms with Gasteiger partial charge in [0.2, 0.25) is 0 Å². The minimum absolute atomic E-state index is 0.760. The molecular formula is C10H10N4. The highest BCUT2D eigenvalue weighted by atomic mass is 15.2. The minimum atomic E-state index is 0.760. The van der Waals surface area contributed by atoms with Gasteiger partial charge >= 0.3 is 0 Å². The largest absolute Gasteiger partial charge is 0.322 e. The van der Waals surface area contributed by atoms with Crippen LogP contribution in [0.3, 0.4) is 0 Å². The standard InChI is InChI=1S/C10H10N4/c11-13-9-6-7-12-14-10(9)8-4-2-1-3-5-8/h1-7H,11H2,(H,12,13). The fourth-order valence-corrected chi connectivity index (χ4v) is 1.26. The Bertz CT molecular complexity index is 413. The van der Waals surface area contributed by atoms with Gasteiger partial charge in [0.25, 0.3) is 0 Å². The van der Waals surface area contributed by atoms with Gasteiger partial charge in [-0.15, -0.1) is 5.10 Å². The third kappa shape index (κ3) is 1.55. The zero-order chi connectivity index (χ0) is 9.80. The number of nitrogens with zero attached hydrogens (tertiary/aromatic N) is 2. The van der Waals surface area contributed by atoms with Gasteiger partial charge in [0, 0.05) is 5.56 Å². The van der Waals surface area contributed by atoms with Gasteiger partial charge < -0.3 is 5.43 Å². The molecule has 0 bridgehead atoms. The van der Waals surface area contributed by atoms with Crippen molar-refractivity contribution < 1.29 is 0 Å². The molecule has 2 rings (SSSR count). The van der Waals surface area contributed by atoms with Crippen LogP contribution in [-0.2, 0) is 0 Å². The number of benzene rings is 1. The molecule has 0 unspecified atom stereocenters. The van der Waals surface area contributed by atoms with E-state index in [4.69, 9.17) is 5.84 Å². The summed E-state index contributed by atoms with van der Waals surface area (Å²) in [5.41, 5.74) is 5.12. The highest BCUT2D eigenvalue weighted by molar-refractivity contribution is 5.72. The summed E-state index contributed by atoms with van der Waals surface area (Å²) in [5.74, 6) is 5.37. The molecule has 1 aromatic carbocycles. The van der Waals surface area contributed by atoms with Crippen LogP contribution in [0.5, 0.6) is 0 Å². The Labute approximate surface area is 81.8 Å². The summed E-state index contributed by atoms with van der Waals surface area (Å²) >= 11 is 0. The van der Waals surface area contributed by atoms with Gasteiger partial charge in [-0.2, -0.15) is 5.10 Å². The number of nitrogens with one attached hydrogen (secondary N) is 1. The number of hydrogen-bond donors (Lipinski definition) is 2. The molecule has 1 heterocycles. The maximum Gasteiger partial charge on any atom is 0.117 e. The summed E-state index contributed by atoms with van der Waals surface area (Å²) in [6.07, 6.45) is 1.60. The van der Waals surface area contributed by atoms with Crippen molar-refractivity contribution in [3.8, 4) is 11.3 Å². The lowest BCUT2D eigenvalue weighted by Gasteiger charge is -2.05. The molecule has 0 atom stereocenters. The van der Waals surface area contributed by atoms with E-state index in [-0.39, 0.29) is 0 Å². The summed E-state index contributed by atoms with van der Waals surface area (Å²) < 4.78 is 0. The average Bonchev–Trinajstić information content (AvgIpc) is 2.30. The van der Waals surface area contributed by atoms with E-state index in [0.717, 1.165) is 16.9 Å². The molecule has 0 aliphatic carbocycles. The second-order valence-electron chi connectivity index (χ2n) is 2.80. The Kier molecular flexibility index (Phi) is 2.38. The van der Waals surface area contributed by atoms with Crippen molar-refractivity contribution in [2.45, 2.75) is 0 Å². The molecule has 2 aromatic rings. The Morgan fingerprint density at radius 1 is 1.07 bits per heavy atom. The molecule has 0 saturated heterocycles. The molecule has 0 amide bonds. The van der Waals surface area contributed by atoms with Gasteiger partial charge in [-0.3, -0.25) is 5.84 Å². The van der Waals surface area contributed by atoms with Gasteiger partial charge in [-0.25, -0.2) is 0 Å². The monoisotopic (exact) mass is 186 g/mol. The van der Waals surface area contributed by atoms with Crippen molar-refractivity contribution in [3.05, 3.63) is 42.6 Å². The quantitative estimate of drug-likeness (QED) is 0.550. The van der Waals surface area contributed by atoms with Crippen molar-refractivity contribution in [1.29, 1.82) is 0 Å². The van der Waals surface area contributed by atoms with Gasteiger partial charge in [0.1, 0.15) is 5.69 Å². The first-order valence-electron chi connectivity index (χ1n) is 4.25. The van der Waals surface area contributed by atoms with Crippen LogP contribution in [0.1, 0.15) is 0 Å². The lowest BCUT2D eigenvalue weighted by Crippen LogP contribution is -2.09.